The van der Waals surface area contributed by atoms with Gasteiger partial charge in [0.25, 0.3) is 0 Å². The summed E-state index contributed by atoms with van der Waals surface area (Å²) in [5.74, 6) is 0.685. The van der Waals surface area contributed by atoms with Crippen LogP contribution in [0.15, 0.2) is 42.5 Å². The Morgan fingerprint density at radius 1 is 1.41 bits per heavy atom. The van der Waals surface area contributed by atoms with Crippen molar-refractivity contribution in [1.82, 2.24) is 0 Å². The number of esters is 1. The Kier molecular flexibility index (Phi) is 6.48. The van der Waals surface area contributed by atoms with Crippen LogP contribution in [0.5, 0.6) is 0 Å². The van der Waals surface area contributed by atoms with Crippen molar-refractivity contribution in [1.29, 1.82) is 0 Å². The van der Waals surface area contributed by atoms with Crippen molar-refractivity contribution in [3.8, 4) is 0 Å². The summed E-state index contributed by atoms with van der Waals surface area (Å²) < 4.78 is 5.09. The first-order valence-electron chi connectivity index (χ1n) is 5.67. The fourth-order valence-electron chi connectivity index (χ4n) is 1.21. The molecule has 1 aromatic rings. The summed E-state index contributed by atoms with van der Waals surface area (Å²) in [5.41, 5.74) is 1.23. The van der Waals surface area contributed by atoms with Gasteiger partial charge in [0.05, 0.1) is 5.25 Å². The van der Waals surface area contributed by atoms with Gasteiger partial charge in [0, 0.05) is 5.75 Å². The van der Waals surface area contributed by atoms with E-state index in [1.165, 1.54) is 5.56 Å². The van der Waals surface area contributed by atoms with E-state index in [9.17, 15) is 4.79 Å². The zero-order valence-electron chi connectivity index (χ0n) is 10.3. The Labute approximate surface area is 107 Å². The predicted octanol–water partition coefficient (Wildman–Crippen LogP) is 3.43. The van der Waals surface area contributed by atoms with Gasteiger partial charge < -0.3 is 4.74 Å². The lowest BCUT2D eigenvalue weighted by molar-refractivity contribution is -0.141. The lowest BCUT2D eigenvalue weighted by atomic mass is 10.2. The van der Waals surface area contributed by atoms with Crippen LogP contribution in [-0.2, 0) is 15.3 Å². The molecule has 1 unspecified atom stereocenters. The van der Waals surface area contributed by atoms with Gasteiger partial charge in [0.15, 0.2) is 0 Å². The maximum Gasteiger partial charge on any atom is 0.319 e. The van der Waals surface area contributed by atoms with E-state index in [2.05, 4.69) is 12.1 Å². The monoisotopic (exact) mass is 250 g/mol. The molecule has 0 saturated heterocycles. The highest BCUT2D eigenvalue weighted by atomic mass is 32.2. The summed E-state index contributed by atoms with van der Waals surface area (Å²) in [6.45, 7) is 4.15. The number of ether oxygens (including phenoxy) is 1. The quantitative estimate of drug-likeness (QED) is 0.571. The molecule has 0 amide bonds. The minimum Gasteiger partial charge on any atom is -0.461 e. The molecule has 92 valence electrons. The molecule has 1 atom stereocenters. The average molecular weight is 250 g/mol. The van der Waals surface area contributed by atoms with Crippen molar-refractivity contribution in [2.24, 2.45) is 0 Å². The van der Waals surface area contributed by atoms with Crippen molar-refractivity contribution in [2.45, 2.75) is 24.9 Å². The van der Waals surface area contributed by atoms with E-state index < -0.39 is 0 Å². The highest BCUT2D eigenvalue weighted by Crippen LogP contribution is 2.18. The topological polar surface area (TPSA) is 26.3 Å². The molecule has 0 saturated carbocycles. The lowest BCUT2D eigenvalue weighted by Crippen LogP contribution is -2.17. The number of carbonyl (C=O) groups is 1. The zero-order chi connectivity index (χ0) is 12.5. The fourth-order valence-corrected chi connectivity index (χ4v) is 2.05. The Morgan fingerprint density at radius 3 is 2.76 bits per heavy atom. The smallest absolute Gasteiger partial charge is 0.319 e. The van der Waals surface area contributed by atoms with E-state index in [0.717, 1.165) is 5.75 Å². The summed E-state index contributed by atoms with van der Waals surface area (Å²) in [4.78, 5) is 11.6. The minimum absolute atomic E-state index is 0.125. The number of allylic oxidation sites excluding steroid dienone is 1. The predicted molar refractivity (Wildman–Crippen MR) is 73.0 cm³/mol. The third kappa shape index (κ3) is 5.59. The number of thioether (sulfide) groups is 1. The Morgan fingerprint density at radius 2 is 2.12 bits per heavy atom. The second-order valence-electron chi connectivity index (χ2n) is 3.64. The number of hydrogen-bond donors (Lipinski definition) is 0. The molecule has 0 heterocycles. The van der Waals surface area contributed by atoms with Crippen LogP contribution >= 0.6 is 11.8 Å². The van der Waals surface area contributed by atoms with Crippen LogP contribution in [0.1, 0.15) is 19.4 Å². The highest BCUT2D eigenvalue weighted by Gasteiger charge is 2.14. The maximum absolute atomic E-state index is 11.6. The van der Waals surface area contributed by atoms with E-state index in [1.807, 2.05) is 44.2 Å². The van der Waals surface area contributed by atoms with Crippen LogP contribution < -0.4 is 0 Å². The molecule has 0 aliphatic carbocycles. The number of hydrogen-bond acceptors (Lipinski definition) is 3. The lowest BCUT2D eigenvalue weighted by Gasteiger charge is -2.10. The van der Waals surface area contributed by atoms with Gasteiger partial charge in [0.2, 0.25) is 0 Å². The average Bonchev–Trinajstić information content (AvgIpc) is 2.37. The number of benzene rings is 1. The van der Waals surface area contributed by atoms with Crippen molar-refractivity contribution in [3.05, 3.63) is 48.0 Å². The molecule has 2 nitrogen and oxygen atoms in total. The second-order valence-corrected chi connectivity index (χ2v) is 4.97. The number of rotatable bonds is 6. The standard InChI is InChI=1S/C14H18O2S/c1-3-4-10-16-14(15)12(2)17-11-13-8-6-5-7-9-13/h3-9,12H,10-11H2,1-2H3/b4-3+. The van der Waals surface area contributed by atoms with E-state index in [4.69, 9.17) is 4.74 Å². The zero-order valence-corrected chi connectivity index (χ0v) is 11.1. The summed E-state index contributed by atoms with van der Waals surface area (Å²) in [6.07, 6.45) is 3.70. The van der Waals surface area contributed by atoms with Crippen LogP contribution in [0, 0.1) is 0 Å². The van der Waals surface area contributed by atoms with Gasteiger partial charge >= 0.3 is 5.97 Å². The Balaban J connectivity index is 2.29. The second kappa shape index (κ2) is 7.96. The van der Waals surface area contributed by atoms with E-state index in [1.54, 1.807) is 11.8 Å². The molecule has 0 fully saturated rings. The largest absolute Gasteiger partial charge is 0.461 e. The van der Waals surface area contributed by atoms with Gasteiger partial charge in [-0.1, -0.05) is 42.5 Å². The van der Waals surface area contributed by atoms with Gasteiger partial charge in [-0.3, -0.25) is 4.79 Å². The van der Waals surface area contributed by atoms with Crippen molar-refractivity contribution < 1.29 is 9.53 Å². The highest BCUT2D eigenvalue weighted by molar-refractivity contribution is 7.99. The summed E-state index contributed by atoms with van der Waals surface area (Å²) >= 11 is 1.60. The minimum atomic E-state index is -0.149. The molecule has 1 rings (SSSR count). The van der Waals surface area contributed by atoms with E-state index in [0.29, 0.717) is 6.61 Å². The molecule has 0 aromatic heterocycles. The Bertz CT molecular complexity index is 360. The molecule has 0 radical (unpaired) electrons. The molecule has 3 heteroatoms. The molecule has 0 aliphatic heterocycles. The van der Waals surface area contributed by atoms with Gasteiger partial charge in [-0.05, 0) is 19.4 Å². The van der Waals surface area contributed by atoms with E-state index in [-0.39, 0.29) is 11.2 Å². The molecule has 0 aliphatic rings. The van der Waals surface area contributed by atoms with Crippen molar-refractivity contribution in [2.75, 3.05) is 6.61 Å². The van der Waals surface area contributed by atoms with Gasteiger partial charge in [-0.15, -0.1) is 11.8 Å². The summed E-state index contributed by atoms with van der Waals surface area (Å²) in [5, 5.41) is -0.125. The fraction of sp³-hybridized carbons (Fsp3) is 0.357. The SMILES string of the molecule is C/C=C/COC(=O)C(C)SCc1ccccc1. The van der Waals surface area contributed by atoms with Crippen LogP contribution in [0.2, 0.25) is 0 Å². The summed E-state index contributed by atoms with van der Waals surface area (Å²) in [7, 11) is 0. The molecular weight excluding hydrogens is 232 g/mol. The molecule has 0 bridgehead atoms. The summed E-state index contributed by atoms with van der Waals surface area (Å²) in [6, 6.07) is 10.1. The third-order valence-electron chi connectivity index (χ3n) is 2.23. The first-order valence-corrected chi connectivity index (χ1v) is 6.72. The van der Waals surface area contributed by atoms with Crippen LogP contribution in [0.25, 0.3) is 0 Å². The van der Waals surface area contributed by atoms with Crippen molar-refractivity contribution >= 4 is 17.7 Å². The molecule has 17 heavy (non-hydrogen) atoms. The van der Waals surface area contributed by atoms with Crippen LogP contribution in [-0.4, -0.2) is 17.8 Å². The number of carbonyl (C=O) groups excluding carboxylic acids is 1. The van der Waals surface area contributed by atoms with Crippen LogP contribution in [0.4, 0.5) is 0 Å². The normalized spacial score (nSPS) is 12.6. The maximum atomic E-state index is 11.6. The third-order valence-corrected chi connectivity index (χ3v) is 3.42. The van der Waals surface area contributed by atoms with Gasteiger partial charge in [-0.2, -0.15) is 0 Å². The van der Waals surface area contributed by atoms with Gasteiger partial charge in [0.1, 0.15) is 6.61 Å². The first kappa shape index (κ1) is 13.8. The molecule has 1 aromatic carbocycles. The van der Waals surface area contributed by atoms with Gasteiger partial charge in [-0.25, -0.2) is 0 Å². The molecule has 0 N–H and O–H groups in total. The Hall–Kier alpha value is -1.22. The van der Waals surface area contributed by atoms with E-state index >= 15 is 0 Å². The molecular formula is C14H18O2S. The van der Waals surface area contributed by atoms with Crippen LogP contribution in [0.3, 0.4) is 0 Å². The first-order chi connectivity index (χ1) is 8.24. The van der Waals surface area contributed by atoms with Crippen molar-refractivity contribution in [3.63, 3.8) is 0 Å². The molecule has 0 spiro atoms.